The molecule has 2 nitrogen and oxygen atoms in total. The molecule has 0 aromatic heterocycles. The van der Waals surface area contributed by atoms with Gasteiger partial charge in [0.05, 0.1) is 0 Å². The Bertz CT molecular complexity index is 90.6. The first-order chi connectivity index (χ1) is 3.72. The van der Waals surface area contributed by atoms with Crippen molar-refractivity contribution in [2.24, 2.45) is 0 Å². The Morgan fingerprint density at radius 1 is 1.50 bits per heavy atom. The second kappa shape index (κ2) is 10.2. The van der Waals surface area contributed by atoms with Gasteiger partial charge in [-0.2, -0.15) is 0 Å². The van der Waals surface area contributed by atoms with E-state index in [1.165, 1.54) is 0 Å². The van der Waals surface area contributed by atoms with Gasteiger partial charge < -0.3 is 12.5 Å². The molecule has 0 atom stereocenters. The topological polar surface area (TPSA) is 38.2 Å². The summed E-state index contributed by atoms with van der Waals surface area (Å²) in [4.78, 5) is 2.01. The predicted octanol–water partition coefficient (Wildman–Crippen LogP) is -1.18. The van der Waals surface area contributed by atoms with Crippen LogP contribution in [0.3, 0.4) is 0 Å². The second-order valence-corrected chi connectivity index (χ2v) is 2.57. The third kappa shape index (κ3) is 7.31. The average Bonchev–Trinajstić information content (AvgIpc) is 1.69. The molecule has 3 N–H and O–H groups in total. The fourth-order valence-electron chi connectivity index (χ4n) is 0.494. The van der Waals surface area contributed by atoms with Gasteiger partial charge in [0.2, 0.25) is 0 Å². The molecule has 58 valence electrons. The van der Waals surface area contributed by atoms with E-state index in [9.17, 15) is 0 Å². The van der Waals surface area contributed by atoms with Gasteiger partial charge in [-0.25, -0.2) is 0 Å². The molecular formula is C5H15N2NaS2. The summed E-state index contributed by atoms with van der Waals surface area (Å²) < 4.78 is 0.690. The molecule has 0 amide bonds. The zero-order valence-corrected chi connectivity index (χ0v) is 10.6. The molecule has 0 aromatic carbocycles. The van der Waals surface area contributed by atoms with E-state index in [-0.39, 0.29) is 37.1 Å². The Labute approximate surface area is 97.5 Å². The maximum Gasteiger partial charge on any atom is 1.00 e. The standard InChI is InChI=1S/C5H11NS2.H3N.Na.H/c1-3-6(4-2)5(7)8;;;/h3-4H2,1-2H3,(H,7,8);1H3;;/q;;+1;-1. The van der Waals surface area contributed by atoms with Gasteiger partial charge in [0.25, 0.3) is 0 Å². The minimum absolute atomic E-state index is 0. The molecule has 0 aliphatic heterocycles. The molecule has 0 aromatic rings. The molecule has 0 heterocycles. The third-order valence-corrected chi connectivity index (χ3v) is 1.58. The summed E-state index contributed by atoms with van der Waals surface area (Å²) in [6.45, 7) is 6.04. The molecule has 0 aliphatic carbocycles. The molecule has 0 fully saturated rings. The van der Waals surface area contributed by atoms with E-state index >= 15 is 0 Å². The number of rotatable bonds is 2. The first-order valence-corrected chi connectivity index (χ1v) is 3.55. The van der Waals surface area contributed by atoms with Crippen molar-refractivity contribution in [1.29, 1.82) is 0 Å². The van der Waals surface area contributed by atoms with Gasteiger partial charge in [-0.1, -0.05) is 12.2 Å². The molecule has 0 rings (SSSR count). The van der Waals surface area contributed by atoms with E-state index in [1.54, 1.807) is 0 Å². The molecule has 5 heteroatoms. The van der Waals surface area contributed by atoms with Gasteiger partial charge in [0.1, 0.15) is 4.32 Å². The van der Waals surface area contributed by atoms with Crippen LogP contribution in [0.1, 0.15) is 15.3 Å². The monoisotopic (exact) mass is 190 g/mol. The van der Waals surface area contributed by atoms with Crippen molar-refractivity contribution in [3.05, 3.63) is 0 Å². The van der Waals surface area contributed by atoms with Crippen molar-refractivity contribution in [2.45, 2.75) is 13.8 Å². The molecule has 0 aliphatic rings. The first kappa shape index (κ1) is 17.3. The van der Waals surface area contributed by atoms with Crippen LogP contribution in [0.2, 0.25) is 0 Å². The van der Waals surface area contributed by atoms with Gasteiger partial charge in [-0.15, -0.1) is 12.6 Å². The van der Waals surface area contributed by atoms with Crippen molar-refractivity contribution in [2.75, 3.05) is 13.1 Å². The quantitative estimate of drug-likeness (QED) is 0.327. The summed E-state index contributed by atoms with van der Waals surface area (Å²) >= 11 is 8.82. The van der Waals surface area contributed by atoms with Crippen LogP contribution in [0.4, 0.5) is 0 Å². The summed E-state index contributed by atoms with van der Waals surface area (Å²) in [6, 6.07) is 0. The van der Waals surface area contributed by atoms with Crippen LogP contribution in [-0.4, -0.2) is 22.3 Å². The van der Waals surface area contributed by atoms with Crippen LogP contribution in [0.5, 0.6) is 0 Å². The van der Waals surface area contributed by atoms with Crippen molar-refractivity contribution in [3.63, 3.8) is 0 Å². The molecule has 0 spiro atoms. The molecule has 0 bridgehead atoms. The summed E-state index contributed by atoms with van der Waals surface area (Å²) in [5.74, 6) is 0. The fourth-order valence-corrected chi connectivity index (χ4v) is 1.04. The van der Waals surface area contributed by atoms with Crippen LogP contribution in [-0.2, 0) is 0 Å². The van der Waals surface area contributed by atoms with Crippen molar-refractivity contribution in [3.8, 4) is 0 Å². The normalized spacial score (nSPS) is 7.10. The largest absolute Gasteiger partial charge is 1.00 e. The van der Waals surface area contributed by atoms with Gasteiger partial charge in [0.15, 0.2) is 0 Å². The van der Waals surface area contributed by atoms with Crippen LogP contribution >= 0.6 is 24.8 Å². The second-order valence-electron chi connectivity index (χ2n) is 1.45. The minimum atomic E-state index is 0. The van der Waals surface area contributed by atoms with E-state index in [0.717, 1.165) is 13.1 Å². The Balaban J connectivity index is -0.0000000817. The number of thiol groups is 1. The Kier molecular flexibility index (Phi) is 17.7. The number of hydrogen-bond donors (Lipinski definition) is 2. The van der Waals surface area contributed by atoms with E-state index in [1.807, 2.05) is 4.90 Å². The van der Waals surface area contributed by atoms with Gasteiger partial charge in [0, 0.05) is 13.1 Å². The van der Waals surface area contributed by atoms with Gasteiger partial charge in [-0.05, 0) is 13.8 Å². The van der Waals surface area contributed by atoms with E-state index in [2.05, 4.69) is 26.5 Å². The predicted molar refractivity (Wildman–Crippen MR) is 50.6 cm³/mol. The smallest absolute Gasteiger partial charge is 1.00 e. The fraction of sp³-hybridized carbons (Fsp3) is 0.800. The summed E-state index contributed by atoms with van der Waals surface area (Å²) in [5.41, 5.74) is 0. The van der Waals surface area contributed by atoms with Crippen molar-refractivity contribution < 1.29 is 31.0 Å². The number of thiocarbonyl (C=S) groups is 1. The maximum atomic E-state index is 4.81. The maximum absolute atomic E-state index is 4.81. The Hall–Kier alpha value is 1.20. The van der Waals surface area contributed by atoms with Crippen molar-refractivity contribution >= 4 is 29.2 Å². The van der Waals surface area contributed by atoms with E-state index in [0.29, 0.717) is 4.32 Å². The van der Waals surface area contributed by atoms with Gasteiger partial charge in [-0.3, -0.25) is 0 Å². The summed E-state index contributed by atoms with van der Waals surface area (Å²) in [5, 5.41) is 0. The van der Waals surface area contributed by atoms with E-state index < -0.39 is 0 Å². The van der Waals surface area contributed by atoms with Crippen LogP contribution in [0.15, 0.2) is 0 Å². The summed E-state index contributed by atoms with van der Waals surface area (Å²) in [7, 11) is 0. The molecule has 0 saturated heterocycles. The minimum Gasteiger partial charge on any atom is -1.00 e. The number of hydrogen-bond acceptors (Lipinski definition) is 2. The molecular weight excluding hydrogens is 175 g/mol. The third-order valence-electron chi connectivity index (χ3n) is 1.03. The van der Waals surface area contributed by atoms with Crippen LogP contribution in [0, 0.1) is 0 Å². The van der Waals surface area contributed by atoms with Gasteiger partial charge >= 0.3 is 29.6 Å². The molecule has 10 heavy (non-hydrogen) atoms. The zero-order valence-electron chi connectivity index (χ0n) is 7.92. The average molecular weight is 190 g/mol. The SMILES string of the molecule is CCN(CC)C(=S)S.N.[H-].[Na+]. The van der Waals surface area contributed by atoms with Crippen LogP contribution in [0.25, 0.3) is 0 Å². The Morgan fingerprint density at radius 2 is 1.80 bits per heavy atom. The molecule has 0 unspecified atom stereocenters. The molecule has 0 saturated carbocycles. The molecule has 0 radical (unpaired) electrons. The Morgan fingerprint density at radius 3 is 1.80 bits per heavy atom. The summed E-state index contributed by atoms with van der Waals surface area (Å²) in [6.07, 6.45) is 0. The van der Waals surface area contributed by atoms with Crippen LogP contribution < -0.4 is 35.7 Å². The first-order valence-electron chi connectivity index (χ1n) is 2.70. The zero-order chi connectivity index (χ0) is 6.57. The number of nitrogens with zero attached hydrogens (tertiary/aromatic N) is 1. The van der Waals surface area contributed by atoms with Crippen molar-refractivity contribution in [1.82, 2.24) is 11.1 Å². The van der Waals surface area contributed by atoms with E-state index in [4.69, 9.17) is 12.2 Å².